The van der Waals surface area contributed by atoms with Crippen LogP contribution in [-0.2, 0) is 0 Å². The summed E-state index contributed by atoms with van der Waals surface area (Å²) in [5, 5.41) is 3.98. The number of hydrogen-bond donors (Lipinski definition) is 1. The number of aryl methyl sites for hydroxylation is 1. The summed E-state index contributed by atoms with van der Waals surface area (Å²) in [6.45, 7) is 5.96. The average molecular weight is 398 g/mol. The van der Waals surface area contributed by atoms with E-state index < -0.39 is 0 Å². The van der Waals surface area contributed by atoms with Crippen LogP contribution in [0.15, 0.2) is 11.1 Å². The lowest BCUT2D eigenvalue weighted by molar-refractivity contribution is 0.0815. The Bertz CT molecular complexity index is 808. The third-order valence-electron chi connectivity index (χ3n) is 6.91. The minimum Gasteiger partial charge on any atom is -0.355 e. The van der Waals surface area contributed by atoms with E-state index in [-0.39, 0.29) is 5.91 Å². The van der Waals surface area contributed by atoms with Crippen LogP contribution in [0.4, 0.5) is 5.82 Å². The fraction of sp³-hybridized carbons (Fsp3) is 0.696. The van der Waals surface area contributed by atoms with Crippen molar-refractivity contribution in [2.24, 2.45) is 0 Å². The average Bonchev–Trinajstić information content (AvgIpc) is 3.44. The van der Waals surface area contributed by atoms with E-state index in [0.29, 0.717) is 17.9 Å². The standard InChI is InChI=1S/C23H35N5O/c1-15-16(2)24-21(23(29)27(3)4)26-22(15)28-13-12-18(14-28)25-20-11-7-10-19(20)17-8-5-6-9-17/h18,20,25H,5-14H2,1-4H3/t18-,20?/m1/s1. The maximum absolute atomic E-state index is 12.4. The first-order chi connectivity index (χ1) is 13.9. The van der Waals surface area contributed by atoms with Crippen LogP contribution in [0.5, 0.6) is 0 Å². The number of allylic oxidation sites excluding steroid dienone is 1. The van der Waals surface area contributed by atoms with Crippen LogP contribution >= 0.6 is 0 Å². The molecule has 2 aliphatic carbocycles. The van der Waals surface area contributed by atoms with Crippen LogP contribution in [0.1, 0.15) is 73.2 Å². The molecule has 4 rings (SSSR count). The Hall–Kier alpha value is -1.95. The molecule has 1 N–H and O–H groups in total. The van der Waals surface area contributed by atoms with Gasteiger partial charge in [0.1, 0.15) is 5.82 Å². The lowest BCUT2D eigenvalue weighted by Crippen LogP contribution is -2.40. The lowest BCUT2D eigenvalue weighted by atomic mass is 10.0. The molecule has 6 heteroatoms. The number of hydrogen-bond acceptors (Lipinski definition) is 5. The SMILES string of the molecule is Cc1nc(C(=O)N(C)C)nc(N2CC[C@@H](NC3CCCC3=C3CCCC3)C2)c1C. The Labute approximate surface area is 174 Å². The minimum atomic E-state index is -0.137. The Morgan fingerprint density at radius 3 is 2.55 bits per heavy atom. The topological polar surface area (TPSA) is 61.4 Å². The van der Waals surface area contributed by atoms with E-state index >= 15 is 0 Å². The van der Waals surface area contributed by atoms with Gasteiger partial charge in [-0.3, -0.25) is 4.79 Å². The van der Waals surface area contributed by atoms with Gasteiger partial charge in [0.15, 0.2) is 0 Å². The molecule has 0 radical (unpaired) electrons. The fourth-order valence-corrected chi connectivity index (χ4v) is 5.17. The molecular weight excluding hydrogens is 362 g/mol. The van der Waals surface area contributed by atoms with Gasteiger partial charge in [0.05, 0.1) is 0 Å². The van der Waals surface area contributed by atoms with Gasteiger partial charge in [0, 0.05) is 50.5 Å². The largest absolute Gasteiger partial charge is 0.355 e. The second kappa shape index (κ2) is 8.42. The summed E-state index contributed by atoms with van der Waals surface area (Å²) in [5.41, 5.74) is 5.45. The summed E-state index contributed by atoms with van der Waals surface area (Å²) in [7, 11) is 3.49. The molecule has 0 spiro atoms. The summed E-state index contributed by atoms with van der Waals surface area (Å²) in [6, 6.07) is 1.06. The van der Waals surface area contributed by atoms with Crippen molar-refractivity contribution in [3.05, 3.63) is 28.2 Å². The van der Waals surface area contributed by atoms with Gasteiger partial charge in [0.2, 0.25) is 5.82 Å². The van der Waals surface area contributed by atoms with Gasteiger partial charge in [0.25, 0.3) is 5.91 Å². The fourth-order valence-electron chi connectivity index (χ4n) is 5.17. The highest BCUT2D eigenvalue weighted by atomic mass is 16.2. The van der Waals surface area contributed by atoms with Crippen LogP contribution < -0.4 is 10.2 Å². The number of carbonyl (C=O) groups excluding carboxylic acids is 1. The van der Waals surface area contributed by atoms with E-state index in [1.54, 1.807) is 30.1 Å². The van der Waals surface area contributed by atoms with Crippen molar-refractivity contribution < 1.29 is 4.79 Å². The predicted octanol–water partition coefficient (Wildman–Crippen LogP) is 3.39. The zero-order valence-corrected chi connectivity index (χ0v) is 18.4. The van der Waals surface area contributed by atoms with Crippen LogP contribution in [0, 0.1) is 13.8 Å². The van der Waals surface area contributed by atoms with Gasteiger partial charge >= 0.3 is 0 Å². The molecule has 0 bridgehead atoms. The van der Waals surface area contributed by atoms with Crippen molar-refractivity contribution in [2.45, 2.75) is 77.3 Å². The maximum atomic E-state index is 12.4. The lowest BCUT2D eigenvalue weighted by Gasteiger charge is -2.24. The van der Waals surface area contributed by atoms with Gasteiger partial charge in [-0.2, -0.15) is 0 Å². The number of anilines is 1. The van der Waals surface area contributed by atoms with E-state index in [2.05, 4.69) is 27.1 Å². The van der Waals surface area contributed by atoms with E-state index in [1.165, 1.54) is 44.9 Å². The Morgan fingerprint density at radius 1 is 1.07 bits per heavy atom. The predicted molar refractivity (Wildman–Crippen MR) is 116 cm³/mol. The molecule has 29 heavy (non-hydrogen) atoms. The Morgan fingerprint density at radius 2 is 1.83 bits per heavy atom. The molecule has 2 saturated carbocycles. The molecule has 1 saturated heterocycles. The van der Waals surface area contributed by atoms with Gasteiger partial charge in [-0.1, -0.05) is 11.1 Å². The maximum Gasteiger partial charge on any atom is 0.291 e. The van der Waals surface area contributed by atoms with Crippen LogP contribution in [0.25, 0.3) is 0 Å². The van der Waals surface area contributed by atoms with Crippen molar-refractivity contribution in [1.82, 2.24) is 20.2 Å². The number of nitrogens with zero attached hydrogens (tertiary/aromatic N) is 4. The van der Waals surface area contributed by atoms with Crippen molar-refractivity contribution in [1.29, 1.82) is 0 Å². The first kappa shape index (κ1) is 20.3. The minimum absolute atomic E-state index is 0.137. The normalized spacial score (nSPS) is 24.6. The molecule has 3 aliphatic rings. The molecule has 1 aliphatic heterocycles. The summed E-state index contributed by atoms with van der Waals surface area (Å²) in [5.74, 6) is 1.09. The molecular formula is C23H35N5O. The molecule has 1 aromatic rings. The summed E-state index contributed by atoms with van der Waals surface area (Å²) in [6.07, 6.45) is 10.4. The number of carbonyl (C=O) groups is 1. The van der Waals surface area contributed by atoms with E-state index in [1.807, 2.05) is 6.92 Å². The van der Waals surface area contributed by atoms with Crippen LogP contribution in [0.3, 0.4) is 0 Å². The Balaban J connectivity index is 1.47. The van der Waals surface area contributed by atoms with Gasteiger partial charge in [-0.15, -0.1) is 0 Å². The first-order valence-corrected chi connectivity index (χ1v) is 11.2. The number of aromatic nitrogens is 2. The number of nitrogens with one attached hydrogen (secondary N) is 1. The monoisotopic (exact) mass is 397 g/mol. The van der Waals surface area contributed by atoms with Crippen molar-refractivity contribution >= 4 is 11.7 Å². The zero-order chi connectivity index (χ0) is 20.5. The zero-order valence-electron chi connectivity index (χ0n) is 18.4. The molecule has 2 atom stereocenters. The second-order valence-corrected chi connectivity index (χ2v) is 9.16. The molecule has 0 aromatic carbocycles. The van der Waals surface area contributed by atoms with E-state index in [4.69, 9.17) is 0 Å². The summed E-state index contributed by atoms with van der Waals surface area (Å²) >= 11 is 0. The van der Waals surface area contributed by atoms with Crippen molar-refractivity contribution in [3.63, 3.8) is 0 Å². The van der Waals surface area contributed by atoms with E-state index in [9.17, 15) is 4.79 Å². The summed E-state index contributed by atoms with van der Waals surface area (Å²) < 4.78 is 0. The van der Waals surface area contributed by atoms with Gasteiger partial charge in [-0.25, -0.2) is 9.97 Å². The molecule has 1 amide bonds. The molecule has 1 aromatic heterocycles. The molecule has 1 unspecified atom stereocenters. The third kappa shape index (κ3) is 4.18. The number of amides is 1. The first-order valence-electron chi connectivity index (χ1n) is 11.2. The van der Waals surface area contributed by atoms with Gasteiger partial charge in [-0.05, 0) is 65.2 Å². The van der Waals surface area contributed by atoms with Crippen LogP contribution in [0.2, 0.25) is 0 Å². The highest BCUT2D eigenvalue weighted by molar-refractivity contribution is 5.90. The highest BCUT2D eigenvalue weighted by Gasteiger charge is 2.31. The van der Waals surface area contributed by atoms with Crippen LogP contribution in [-0.4, -0.2) is 60.0 Å². The Kier molecular flexibility index (Phi) is 5.91. The molecule has 2 heterocycles. The summed E-state index contributed by atoms with van der Waals surface area (Å²) in [4.78, 5) is 25.4. The quantitative estimate of drug-likeness (QED) is 0.789. The van der Waals surface area contributed by atoms with E-state index in [0.717, 1.165) is 36.6 Å². The molecule has 3 fully saturated rings. The van der Waals surface area contributed by atoms with Crippen molar-refractivity contribution in [3.8, 4) is 0 Å². The van der Waals surface area contributed by atoms with Gasteiger partial charge < -0.3 is 15.1 Å². The molecule has 6 nitrogen and oxygen atoms in total. The third-order valence-corrected chi connectivity index (χ3v) is 6.91. The second-order valence-electron chi connectivity index (χ2n) is 9.16. The highest BCUT2D eigenvalue weighted by Crippen LogP contribution is 2.36. The number of rotatable bonds is 4. The van der Waals surface area contributed by atoms with Crippen molar-refractivity contribution in [2.75, 3.05) is 32.1 Å². The smallest absolute Gasteiger partial charge is 0.291 e. The molecule has 158 valence electrons.